The van der Waals surface area contributed by atoms with Gasteiger partial charge in [-0.3, -0.25) is 9.59 Å². The number of carbonyl (C=O) groups excluding carboxylic acids is 2. The number of benzene rings is 1. The molecule has 1 fully saturated rings. The van der Waals surface area contributed by atoms with Crippen molar-refractivity contribution in [2.45, 2.75) is 25.6 Å². The number of pyridine rings is 1. The third-order valence-electron chi connectivity index (χ3n) is 4.59. The van der Waals surface area contributed by atoms with Crippen LogP contribution in [0.3, 0.4) is 0 Å². The average molecular weight is 361 g/mol. The molecule has 3 atom stereocenters. The van der Waals surface area contributed by atoms with E-state index in [0.717, 1.165) is 0 Å². The number of aromatic nitrogens is 1. The fourth-order valence-electron chi connectivity index (χ4n) is 3.21. The fraction of sp³-hybridized carbons (Fsp3) is 0.389. The van der Waals surface area contributed by atoms with Gasteiger partial charge in [0.05, 0.1) is 13.2 Å². The molecule has 0 saturated carbocycles. The molecule has 3 rings (SSSR count). The van der Waals surface area contributed by atoms with Gasteiger partial charge in [0.25, 0.3) is 11.8 Å². The maximum absolute atomic E-state index is 13.9. The van der Waals surface area contributed by atoms with Crippen molar-refractivity contribution in [2.24, 2.45) is 11.7 Å². The van der Waals surface area contributed by atoms with E-state index < -0.39 is 29.9 Å². The standard InChI is InChI=1S/C18H20FN3O4/c1-3-10-12(21-17(24)14(10)19)8-26-13-6-4-5-9-7-11(16(20)23)18(25-2)22-15(9)13/h4-7,10,12,14H,3,8H2,1-2H3,(H2,20,23)(H,21,24). The van der Waals surface area contributed by atoms with Crippen molar-refractivity contribution in [3.05, 3.63) is 29.8 Å². The molecule has 1 aromatic carbocycles. The minimum atomic E-state index is -1.52. The molecule has 0 spiro atoms. The summed E-state index contributed by atoms with van der Waals surface area (Å²) in [5.41, 5.74) is 6.01. The number of nitrogens with one attached hydrogen (secondary N) is 1. The summed E-state index contributed by atoms with van der Waals surface area (Å²) in [6.45, 7) is 1.95. The van der Waals surface area contributed by atoms with Crippen LogP contribution in [0.2, 0.25) is 0 Å². The third-order valence-corrected chi connectivity index (χ3v) is 4.59. The number of alkyl halides is 1. The van der Waals surface area contributed by atoms with E-state index in [2.05, 4.69) is 10.3 Å². The lowest BCUT2D eigenvalue weighted by Crippen LogP contribution is -2.34. The number of carbonyl (C=O) groups is 2. The number of halogens is 1. The van der Waals surface area contributed by atoms with Crippen LogP contribution in [0.15, 0.2) is 24.3 Å². The number of primary amides is 1. The van der Waals surface area contributed by atoms with E-state index in [-0.39, 0.29) is 18.1 Å². The number of methoxy groups -OCH3 is 1. The molecule has 1 aromatic heterocycles. The topological polar surface area (TPSA) is 104 Å². The third kappa shape index (κ3) is 3.14. The molecule has 1 saturated heterocycles. The Bertz CT molecular complexity index is 858. The highest BCUT2D eigenvalue weighted by molar-refractivity contribution is 5.99. The largest absolute Gasteiger partial charge is 0.489 e. The normalized spacial score (nSPS) is 22.3. The maximum atomic E-state index is 13.9. The Morgan fingerprint density at radius 1 is 1.42 bits per heavy atom. The van der Waals surface area contributed by atoms with Gasteiger partial charge in [0.15, 0.2) is 6.17 Å². The number of para-hydroxylation sites is 1. The summed E-state index contributed by atoms with van der Waals surface area (Å²) in [6, 6.07) is 6.40. The summed E-state index contributed by atoms with van der Waals surface area (Å²) >= 11 is 0. The minimum Gasteiger partial charge on any atom is -0.489 e. The SMILES string of the molecule is CCC1C(COc2cccc3cc(C(N)=O)c(OC)nc23)NC(=O)C1F. The van der Waals surface area contributed by atoms with Crippen molar-refractivity contribution < 1.29 is 23.5 Å². The van der Waals surface area contributed by atoms with E-state index in [0.29, 0.717) is 23.1 Å². The molecule has 3 unspecified atom stereocenters. The predicted molar refractivity (Wildman–Crippen MR) is 92.9 cm³/mol. The summed E-state index contributed by atoms with van der Waals surface area (Å²) in [7, 11) is 1.39. The first kappa shape index (κ1) is 17.9. The number of nitrogens with two attached hydrogens (primary N) is 1. The number of fused-ring (bicyclic) bond motifs is 1. The number of hydrogen-bond acceptors (Lipinski definition) is 5. The Morgan fingerprint density at radius 3 is 2.85 bits per heavy atom. The van der Waals surface area contributed by atoms with E-state index in [1.54, 1.807) is 24.3 Å². The Balaban J connectivity index is 1.89. The first-order valence-corrected chi connectivity index (χ1v) is 8.31. The Hall–Kier alpha value is -2.90. The molecule has 0 bridgehead atoms. The van der Waals surface area contributed by atoms with Crippen molar-refractivity contribution in [1.29, 1.82) is 0 Å². The summed E-state index contributed by atoms with van der Waals surface area (Å²) in [6.07, 6.45) is -0.991. The van der Waals surface area contributed by atoms with Gasteiger partial charge < -0.3 is 20.5 Å². The highest BCUT2D eigenvalue weighted by atomic mass is 19.1. The second-order valence-electron chi connectivity index (χ2n) is 6.14. The van der Waals surface area contributed by atoms with Gasteiger partial charge >= 0.3 is 0 Å². The van der Waals surface area contributed by atoms with Crippen LogP contribution in [0.1, 0.15) is 23.7 Å². The van der Waals surface area contributed by atoms with E-state index in [1.165, 1.54) is 7.11 Å². The van der Waals surface area contributed by atoms with Crippen LogP contribution in [0.5, 0.6) is 11.6 Å². The quantitative estimate of drug-likeness (QED) is 0.813. The van der Waals surface area contributed by atoms with Gasteiger partial charge in [0.2, 0.25) is 5.88 Å². The monoisotopic (exact) mass is 361 g/mol. The molecule has 0 radical (unpaired) electrons. The van der Waals surface area contributed by atoms with Crippen molar-refractivity contribution >= 4 is 22.7 Å². The molecule has 138 valence electrons. The Kier molecular flexibility index (Phi) is 4.92. The zero-order chi connectivity index (χ0) is 18.8. The number of rotatable bonds is 6. The predicted octanol–water partition coefficient (Wildman–Crippen LogP) is 1.58. The molecule has 8 heteroatoms. The number of hydrogen-bond donors (Lipinski definition) is 2. The second-order valence-corrected chi connectivity index (χ2v) is 6.14. The van der Waals surface area contributed by atoms with Crippen molar-refractivity contribution in [2.75, 3.05) is 13.7 Å². The van der Waals surface area contributed by atoms with Gasteiger partial charge in [0, 0.05) is 11.3 Å². The van der Waals surface area contributed by atoms with Crippen LogP contribution in [0, 0.1) is 5.92 Å². The van der Waals surface area contributed by atoms with Crippen LogP contribution in [-0.4, -0.2) is 42.7 Å². The summed E-state index contributed by atoms with van der Waals surface area (Å²) in [5.74, 6) is -1.12. The van der Waals surface area contributed by atoms with E-state index in [1.807, 2.05) is 6.92 Å². The first-order chi connectivity index (χ1) is 12.5. The van der Waals surface area contributed by atoms with Crippen molar-refractivity contribution in [3.63, 3.8) is 0 Å². The molecule has 3 N–H and O–H groups in total. The zero-order valence-electron chi connectivity index (χ0n) is 14.5. The molecular weight excluding hydrogens is 341 g/mol. The summed E-state index contributed by atoms with van der Waals surface area (Å²) in [4.78, 5) is 27.4. The van der Waals surface area contributed by atoms with Crippen molar-refractivity contribution in [1.82, 2.24) is 10.3 Å². The Morgan fingerprint density at radius 2 is 2.19 bits per heavy atom. The summed E-state index contributed by atoms with van der Waals surface area (Å²) < 4.78 is 24.8. The lowest BCUT2D eigenvalue weighted by atomic mass is 9.97. The first-order valence-electron chi connectivity index (χ1n) is 8.31. The van der Waals surface area contributed by atoms with Crippen LogP contribution in [-0.2, 0) is 4.79 Å². The molecule has 7 nitrogen and oxygen atoms in total. The van der Waals surface area contributed by atoms with Crippen molar-refractivity contribution in [3.8, 4) is 11.6 Å². The molecular formula is C18H20FN3O4. The van der Waals surface area contributed by atoms with Gasteiger partial charge in [-0.1, -0.05) is 19.1 Å². The van der Waals surface area contributed by atoms with Crippen LogP contribution >= 0.6 is 0 Å². The second kappa shape index (κ2) is 7.15. The maximum Gasteiger partial charge on any atom is 0.255 e. The van der Waals surface area contributed by atoms with Gasteiger partial charge in [-0.25, -0.2) is 9.37 Å². The van der Waals surface area contributed by atoms with E-state index in [9.17, 15) is 14.0 Å². The molecule has 26 heavy (non-hydrogen) atoms. The van der Waals surface area contributed by atoms with Gasteiger partial charge in [-0.15, -0.1) is 0 Å². The fourth-order valence-corrected chi connectivity index (χ4v) is 3.21. The molecule has 0 aliphatic carbocycles. The molecule has 2 aromatic rings. The smallest absolute Gasteiger partial charge is 0.255 e. The lowest BCUT2D eigenvalue weighted by Gasteiger charge is -2.19. The van der Waals surface area contributed by atoms with Gasteiger partial charge in [0.1, 0.15) is 23.4 Å². The van der Waals surface area contributed by atoms with E-state index >= 15 is 0 Å². The van der Waals surface area contributed by atoms with Crippen LogP contribution in [0.25, 0.3) is 10.9 Å². The summed E-state index contributed by atoms with van der Waals surface area (Å²) in [5, 5.41) is 3.28. The minimum absolute atomic E-state index is 0.102. The van der Waals surface area contributed by atoms with E-state index in [4.69, 9.17) is 15.2 Å². The highest BCUT2D eigenvalue weighted by Gasteiger charge is 2.41. The zero-order valence-corrected chi connectivity index (χ0v) is 14.5. The number of nitrogens with zero attached hydrogens (tertiary/aromatic N) is 1. The molecule has 2 heterocycles. The van der Waals surface area contributed by atoms with Gasteiger partial charge in [-0.05, 0) is 18.6 Å². The van der Waals surface area contributed by atoms with Gasteiger partial charge in [-0.2, -0.15) is 0 Å². The average Bonchev–Trinajstić information content (AvgIpc) is 2.91. The van der Waals surface area contributed by atoms with Crippen LogP contribution < -0.4 is 20.5 Å². The number of amides is 2. The molecule has 2 amide bonds. The highest BCUT2D eigenvalue weighted by Crippen LogP contribution is 2.30. The molecule has 1 aliphatic heterocycles. The lowest BCUT2D eigenvalue weighted by molar-refractivity contribution is -0.123. The number of ether oxygens (including phenoxy) is 2. The van der Waals surface area contributed by atoms with Crippen LogP contribution in [0.4, 0.5) is 4.39 Å². The Labute approximate surface area is 149 Å². The molecule has 1 aliphatic rings.